The summed E-state index contributed by atoms with van der Waals surface area (Å²) in [6, 6.07) is 17.5. The van der Waals surface area contributed by atoms with Crippen LogP contribution in [-0.2, 0) is 21.2 Å². The minimum Gasteiger partial charge on any atom is -0.375 e. The Kier molecular flexibility index (Phi) is 6.16. The van der Waals surface area contributed by atoms with Crippen molar-refractivity contribution in [3.05, 3.63) is 60.2 Å². The van der Waals surface area contributed by atoms with E-state index in [2.05, 4.69) is 16.5 Å². The highest BCUT2D eigenvalue weighted by atomic mass is 32.2. The minimum atomic E-state index is -3.33. The van der Waals surface area contributed by atoms with Gasteiger partial charge in [-0.15, -0.1) is 0 Å². The van der Waals surface area contributed by atoms with Crippen molar-refractivity contribution in [3.8, 4) is 0 Å². The molecule has 1 saturated heterocycles. The van der Waals surface area contributed by atoms with Gasteiger partial charge in [-0.3, -0.25) is 4.72 Å². The van der Waals surface area contributed by atoms with Crippen LogP contribution in [0.4, 0.5) is 11.4 Å². The number of morpholine rings is 1. The van der Waals surface area contributed by atoms with Gasteiger partial charge in [0.25, 0.3) is 0 Å². The quantitative estimate of drug-likeness (QED) is 0.808. The van der Waals surface area contributed by atoms with Crippen LogP contribution in [0.2, 0.25) is 0 Å². The molecule has 26 heavy (non-hydrogen) atoms. The number of rotatable bonds is 7. The van der Waals surface area contributed by atoms with Crippen LogP contribution in [0.25, 0.3) is 0 Å². The molecule has 0 amide bonds. The first kappa shape index (κ1) is 18.7. The van der Waals surface area contributed by atoms with E-state index in [1.165, 1.54) is 0 Å². The Hall–Kier alpha value is -2.05. The lowest BCUT2D eigenvalue weighted by atomic mass is 10.1. The summed E-state index contributed by atoms with van der Waals surface area (Å²) in [6.07, 6.45) is 1.57. The molecule has 3 rings (SSSR count). The summed E-state index contributed by atoms with van der Waals surface area (Å²) in [5.41, 5.74) is 2.86. The molecule has 0 spiro atoms. The molecule has 0 saturated carbocycles. The Labute approximate surface area is 156 Å². The molecule has 6 heteroatoms. The Morgan fingerprint density at radius 2 is 1.85 bits per heavy atom. The SMILES string of the molecule is CC1CN(c2ccc(NS(=O)(=O)CCCc3ccccc3)cc2)CCO1. The number of sulfonamides is 1. The Morgan fingerprint density at radius 3 is 2.54 bits per heavy atom. The fraction of sp³-hybridized carbons (Fsp3) is 0.400. The fourth-order valence-electron chi connectivity index (χ4n) is 3.13. The lowest BCUT2D eigenvalue weighted by molar-refractivity contribution is 0.0532. The van der Waals surface area contributed by atoms with E-state index in [1.807, 2.05) is 54.6 Å². The molecule has 140 valence electrons. The average molecular weight is 375 g/mol. The third-order valence-electron chi connectivity index (χ3n) is 4.47. The van der Waals surface area contributed by atoms with Gasteiger partial charge >= 0.3 is 0 Å². The number of anilines is 2. The molecule has 2 aromatic carbocycles. The zero-order valence-corrected chi connectivity index (χ0v) is 15.9. The van der Waals surface area contributed by atoms with Crippen molar-refractivity contribution in [2.45, 2.75) is 25.9 Å². The molecular weight excluding hydrogens is 348 g/mol. The van der Waals surface area contributed by atoms with Gasteiger partial charge in [-0.1, -0.05) is 30.3 Å². The summed E-state index contributed by atoms with van der Waals surface area (Å²) in [4.78, 5) is 2.26. The Bertz CT molecular complexity index is 792. The Morgan fingerprint density at radius 1 is 1.12 bits per heavy atom. The van der Waals surface area contributed by atoms with Gasteiger partial charge in [0.15, 0.2) is 0 Å². The van der Waals surface area contributed by atoms with E-state index < -0.39 is 10.0 Å². The first-order chi connectivity index (χ1) is 12.5. The van der Waals surface area contributed by atoms with Crippen LogP contribution < -0.4 is 9.62 Å². The highest BCUT2D eigenvalue weighted by Gasteiger charge is 2.17. The van der Waals surface area contributed by atoms with Crippen LogP contribution >= 0.6 is 0 Å². The molecule has 1 aliphatic heterocycles. The standard InChI is InChI=1S/C20H26N2O3S/c1-17-16-22(13-14-25-17)20-11-9-19(10-12-20)21-26(23,24)15-5-8-18-6-3-2-4-7-18/h2-4,6-7,9-12,17,21H,5,8,13-16H2,1H3. The Balaban J connectivity index is 1.52. The summed E-state index contributed by atoms with van der Waals surface area (Å²) in [5.74, 6) is 0.116. The fourth-order valence-corrected chi connectivity index (χ4v) is 4.26. The number of benzene rings is 2. The van der Waals surface area contributed by atoms with Crippen LogP contribution in [0.1, 0.15) is 18.9 Å². The van der Waals surface area contributed by atoms with Crippen molar-refractivity contribution in [2.24, 2.45) is 0 Å². The second-order valence-corrected chi connectivity index (χ2v) is 8.53. The molecule has 1 atom stereocenters. The summed E-state index contributed by atoms with van der Waals surface area (Å²) >= 11 is 0. The zero-order chi connectivity index (χ0) is 18.4. The van der Waals surface area contributed by atoms with Crippen molar-refractivity contribution in [2.75, 3.05) is 35.1 Å². The maximum atomic E-state index is 12.3. The van der Waals surface area contributed by atoms with E-state index >= 15 is 0 Å². The first-order valence-corrected chi connectivity index (χ1v) is 10.7. The maximum Gasteiger partial charge on any atom is 0.232 e. The van der Waals surface area contributed by atoms with Crippen LogP contribution in [-0.4, -0.2) is 40.0 Å². The second-order valence-electron chi connectivity index (χ2n) is 6.68. The van der Waals surface area contributed by atoms with Gasteiger partial charge in [0.2, 0.25) is 10.0 Å². The number of hydrogen-bond donors (Lipinski definition) is 1. The number of nitrogens with zero attached hydrogens (tertiary/aromatic N) is 1. The lowest BCUT2D eigenvalue weighted by Gasteiger charge is -2.33. The van der Waals surface area contributed by atoms with Gasteiger partial charge in [-0.05, 0) is 49.6 Å². The van der Waals surface area contributed by atoms with E-state index in [4.69, 9.17) is 4.74 Å². The van der Waals surface area contributed by atoms with Crippen LogP contribution in [0, 0.1) is 0 Å². The van der Waals surface area contributed by atoms with E-state index in [-0.39, 0.29) is 11.9 Å². The van der Waals surface area contributed by atoms with Crippen LogP contribution in [0.5, 0.6) is 0 Å². The topological polar surface area (TPSA) is 58.6 Å². The highest BCUT2D eigenvalue weighted by molar-refractivity contribution is 7.92. The van der Waals surface area contributed by atoms with E-state index in [0.29, 0.717) is 12.1 Å². The number of ether oxygens (including phenoxy) is 1. The van der Waals surface area contributed by atoms with Gasteiger partial charge in [0.05, 0.1) is 18.5 Å². The maximum absolute atomic E-state index is 12.3. The highest BCUT2D eigenvalue weighted by Crippen LogP contribution is 2.21. The molecule has 0 aromatic heterocycles. The zero-order valence-electron chi connectivity index (χ0n) is 15.1. The van der Waals surface area contributed by atoms with Crippen LogP contribution in [0.3, 0.4) is 0 Å². The largest absolute Gasteiger partial charge is 0.375 e. The average Bonchev–Trinajstić information content (AvgIpc) is 2.63. The molecule has 0 bridgehead atoms. The normalized spacial score (nSPS) is 17.9. The summed E-state index contributed by atoms with van der Waals surface area (Å²) in [6.45, 7) is 4.49. The lowest BCUT2D eigenvalue weighted by Crippen LogP contribution is -2.41. The number of hydrogen-bond acceptors (Lipinski definition) is 4. The van der Waals surface area contributed by atoms with Gasteiger partial charge in [-0.25, -0.2) is 8.42 Å². The molecule has 5 nitrogen and oxygen atoms in total. The minimum absolute atomic E-state index is 0.116. The predicted octanol–water partition coefficient (Wildman–Crippen LogP) is 3.29. The molecule has 2 aromatic rings. The third kappa shape index (κ3) is 5.47. The van der Waals surface area contributed by atoms with Gasteiger partial charge in [0.1, 0.15) is 0 Å². The second kappa shape index (κ2) is 8.56. The van der Waals surface area contributed by atoms with Crippen molar-refractivity contribution in [1.29, 1.82) is 0 Å². The summed E-state index contributed by atoms with van der Waals surface area (Å²) < 4.78 is 32.8. The third-order valence-corrected chi connectivity index (χ3v) is 5.84. The molecule has 1 N–H and O–H groups in total. The molecule has 1 heterocycles. The van der Waals surface area contributed by atoms with E-state index in [1.54, 1.807) is 0 Å². The summed E-state index contributed by atoms with van der Waals surface area (Å²) in [5, 5.41) is 0. The summed E-state index contributed by atoms with van der Waals surface area (Å²) in [7, 11) is -3.33. The van der Waals surface area contributed by atoms with Gasteiger partial charge < -0.3 is 9.64 Å². The van der Waals surface area contributed by atoms with Gasteiger partial charge in [0, 0.05) is 24.5 Å². The molecule has 1 fully saturated rings. The molecule has 0 radical (unpaired) electrons. The van der Waals surface area contributed by atoms with Crippen molar-refractivity contribution >= 4 is 21.4 Å². The molecule has 0 aliphatic carbocycles. The number of aryl methyl sites for hydroxylation is 1. The molecule has 1 unspecified atom stereocenters. The predicted molar refractivity (Wildman–Crippen MR) is 106 cm³/mol. The smallest absolute Gasteiger partial charge is 0.232 e. The van der Waals surface area contributed by atoms with E-state index in [9.17, 15) is 8.42 Å². The first-order valence-electron chi connectivity index (χ1n) is 9.03. The monoisotopic (exact) mass is 374 g/mol. The van der Waals surface area contributed by atoms with Crippen molar-refractivity contribution in [1.82, 2.24) is 0 Å². The molecular formula is C20H26N2O3S. The van der Waals surface area contributed by atoms with Gasteiger partial charge in [-0.2, -0.15) is 0 Å². The van der Waals surface area contributed by atoms with E-state index in [0.717, 1.165) is 37.4 Å². The molecule has 1 aliphatic rings. The number of nitrogens with one attached hydrogen (secondary N) is 1. The van der Waals surface area contributed by atoms with Crippen LogP contribution in [0.15, 0.2) is 54.6 Å². The van der Waals surface area contributed by atoms with Crippen molar-refractivity contribution in [3.63, 3.8) is 0 Å². The van der Waals surface area contributed by atoms with Crippen molar-refractivity contribution < 1.29 is 13.2 Å².